The molecule has 0 aromatic carbocycles. The van der Waals surface area contributed by atoms with Gasteiger partial charge in [-0.3, -0.25) is 0 Å². The van der Waals surface area contributed by atoms with Crippen LogP contribution in [0.25, 0.3) is 0 Å². The van der Waals surface area contributed by atoms with Crippen LogP contribution >= 0.6 is 0 Å². The van der Waals surface area contributed by atoms with Crippen molar-refractivity contribution < 1.29 is 9.53 Å². The van der Waals surface area contributed by atoms with Crippen LogP contribution in [0, 0.1) is 5.92 Å². The lowest BCUT2D eigenvalue weighted by atomic mass is 10.0. The van der Waals surface area contributed by atoms with E-state index in [-0.39, 0.29) is 12.1 Å². The minimum atomic E-state index is -0.135. The van der Waals surface area contributed by atoms with Gasteiger partial charge in [-0.1, -0.05) is 33.1 Å². The molecule has 0 aromatic rings. The summed E-state index contributed by atoms with van der Waals surface area (Å²) >= 11 is 0. The monoisotopic (exact) mass is 258 g/mol. The number of hydrogen-bond donors (Lipinski definition) is 2. The van der Waals surface area contributed by atoms with Crippen LogP contribution in [-0.2, 0) is 9.53 Å². The Balaban J connectivity index is 3.58. The molecule has 0 heterocycles. The summed E-state index contributed by atoms with van der Waals surface area (Å²) in [7, 11) is 0. The summed E-state index contributed by atoms with van der Waals surface area (Å²) in [6.07, 6.45) is 5.79. The van der Waals surface area contributed by atoms with Crippen LogP contribution in [0.1, 0.15) is 46.5 Å². The van der Waals surface area contributed by atoms with Crippen molar-refractivity contribution in [1.82, 2.24) is 5.32 Å². The summed E-state index contributed by atoms with van der Waals surface area (Å²) in [6.45, 7) is 8.21. The summed E-state index contributed by atoms with van der Waals surface area (Å²) in [5.41, 5.74) is 5.90. The van der Waals surface area contributed by atoms with Crippen LogP contribution in [0.3, 0.4) is 0 Å². The third-order valence-corrected chi connectivity index (χ3v) is 3.13. The number of carbonyl (C=O) groups is 1. The molecule has 0 aromatic heterocycles. The lowest BCUT2D eigenvalue weighted by molar-refractivity contribution is -0.109. The molecule has 0 bridgehead atoms. The molecule has 0 saturated heterocycles. The molecule has 0 rings (SSSR count). The molecule has 0 spiro atoms. The zero-order chi connectivity index (χ0) is 13.8. The fourth-order valence-corrected chi connectivity index (χ4v) is 1.73. The number of carbonyl (C=O) groups excluding carboxylic acids is 1. The van der Waals surface area contributed by atoms with Crippen LogP contribution in [0.15, 0.2) is 0 Å². The Morgan fingerprint density at radius 2 is 2.06 bits per heavy atom. The van der Waals surface area contributed by atoms with E-state index in [9.17, 15) is 4.79 Å². The smallest absolute Gasteiger partial charge is 0.136 e. The summed E-state index contributed by atoms with van der Waals surface area (Å²) in [4.78, 5) is 10.4. The highest BCUT2D eigenvalue weighted by Crippen LogP contribution is 2.12. The number of rotatable bonds is 12. The molecule has 0 saturated carbocycles. The van der Waals surface area contributed by atoms with Gasteiger partial charge in [0.25, 0.3) is 0 Å². The van der Waals surface area contributed by atoms with Crippen molar-refractivity contribution in [1.29, 1.82) is 0 Å². The van der Waals surface area contributed by atoms with Gasteiger partial charge in [-0.2, -0.15) is 0 Å². The normalized spacial score (nSPS) is 16.2. The van der Waals surface area contributed by atoms with Crippen molar-refractivity contribution in [2.45, 2.75) is 58.5 Å². The van der Waals surface area contributed by atoms with Gasteiger partial charge in [0.05, 0.1) is 12.6 Å². The third kappa shape index (κ3) is 9.57. The van der Waals surface area contributed by atoms with Gasteiger partial charge in [0.2, 0.25) is 0 Å². The minimum absolute atomic E-state index is 0.0453. The first-order valence-electron chi connectivity index (χ1n) is 7.15. The molecule has 3 unspecified atom stereocenters. The van der Waals surface area contributed by atoms with E-state index in [0.717, 1.165) is 19.3 Å². The van der Waals surface area contributed by atoms with E-state index in [1.807, 2.05) is 6.92 Å². The summed E-state index contributed by atoms with van der Waals surface area (Å²) in [5.74, 6) is 0.652. The molecule has 0 aliphatic carbocycles. The molecule has 0 aliphatic rings. The SMILES string of the molecule is CCCCC(CC)COCC(N)CNC(C)C=O. The van der Waals surface area contributed by atoms with Crippen molar-refractivity contribution in [3.05, 3.63) is 0 Å². The summed E-state index contributed by atoms with van der Waals surface area (Å²) in [5, 5.41) is 3.05. The van der Waals surface area contributed by atoms with Gasteiger partial charge >= 0.3 is 0 Å². The van der Waals surface area contributed by atoms with Crippen molar-refractivity contribution in [3.8, 4) is 0 Å². The Hall–Kier alpha value is -0.450. The fraction of sp³-hybridized carbons (Fsp3) is 0.929. The molecule has 3 atom stereocenters. The van der Waals surface area contributed by atoms with E-state index in [1.54, 1.807) is 0 Å². The predicted molar refractivity (Wildman–Crippen MR) is 75.6 cm³/mol. The molecule has 0 amide bonds. The highest BCUT2D eigenvalue weighted by molar-refractivity contribution is 5.56. The van der Waals surface area contributed by atoms with Gasteiger partial charge in [0.1, 0.15) is 6.29 Å². The number of nitrogens with two attached hydrogens (primary N) is 1. The van der Waals surface area contributed by atoms with Gasteiger partial charge < -0.3 is 20.6 Å². The van der Waals surface area contributed by atoms with Crippen molar-refractivity contribution in [3.63, 3.8) is 0 Å². The second-order valence-corrected chi connectivity index (χ2v) is 5.05. The molecule has 0 aliphatic heterocycles. The van der Waals surface area contributed by atoms with E-state index < -0.39 is 0 Å². The van der Waals surface area contributed by atoms with E-state index in [2.05, 4.69) is 19.2 Å². The standard InChI is InChI=1S/C14H30N2O2/c1-4-6-7-13(5-2)10-18-11-14(15)8-16-12(3)9-17/h9,12-14,16H,4-8,10-11,15H2,1-3H3. The first-order chi connectivity index (χ1) is 8.63. The van der Waals surface area contributed by atoms with Crippen molar-refractivity contribution >= 4 is 6.29 Å². The fourth-order valence-electron chi connectivity index (χ4n) is 1.73. The highest BCUT2D eigenvalue weighted by Gasteiger charge is 2.09. The lowest BCUT2D eigenvalue weighted by Crippen LogP contribution is -2.41. The molecule has 0 radical (unpaired) electrons. The zero-order valence-electron chi connectivity index (χ0n) is 12.2. The summed E-state index contributed by atoms with van der Waals surface area (Å²) in [6, 6.07) is -0.180. The first-order valence-corrected chi connectivity index (χ1v) is 7.15. The largest absolute Gasteiger partial charge is 0.380 e. The summed E-state index contributed by atoms with van der Waals surface area (Å²) < 4.78 is 5.66. The van der Waals surface area contributed by atoms with Gasteiger partial charge in [-0.05, 0) is 19.3 Å². The quantitative estimate of drug-likeness (QED) is 0.523. The maximum atomic E-state index is 10.4. The molecule has 4 heteroatoms. The second kappa shape index (κ2) is 11.6. The van der Waals surface area contributed by atoms with E-state index in [0.29, 0.717) is 19.1 Å². The van der Waals surface area contributed by atoms with E-state index in [1.165, 1.54) is 19.3 Å². The van der Waals surface area contributed by atoms with Crippen LogP contribution in [0.5, 0.6) is 0 Å². The molecule has 0 fully saturated rings. The molecule has 3 N–H and O–H groups in total. The molecular formula is C14H30N2O2. The topological polar surface area (TPSA) is 64.3 Å². The Labute approximate surface area is 112 Å². The Kier molecular flexibility index (Phi) is 11.3. The Morgan fingerprint density at radius 1 is 1.33 bits per heavy atom. The minimum Gasteiger partial charge on any atom is -0.380 e. The molecule has 18 heavy (non-hydrogen) atoms. The number of nitrogens with one attached hydrogen (secondary N) is 1. The lowest BCUT2D eigenvalue weighted by Gasteiger charge is -2.18. The number of hydrogen-bond acceptors (Lipinski definition) is 4. The average Bonchev–Trinajstić information content (AvgIpc) is 2.39. The van der Waals surface area contributed by atoms with Gasteiger partial charge in [-0.15, -0.1) is 0 Å². The van der Waals surface area contributed by atoms with Crippen LogP contribution in [0.2, 0.25) is 0 Å². The maximum absolute atomic E-state index is 10.4. The number of unbranched alkanes of at least 4 members (excludes halogenated alkanes) is 1. The third-order valence-electron chi connectivity index (χ3n) is 3.13. The average molecular weight is 258 g/mol. The second-order valence-electron chi connectivity index (χ2n) is 5.05. The molecular weight excluding hydrogens is 228 g/mol. The highest BCUT2D eigenvalue weighted by atomic mass is 16.5. The number of aldehydes is 1. The van der Waals surface area contributed by atoms with Gasteiger partial charge in [0, 0.05) is 19.2 Å². The first kappa shape index (κ1) is 17.6. The van der Waals surface area contributed by atoms with E-state index in [4.69, 9.17) is 10.5 Å². The molecule has 4 nitrogen and oxygen atoms in total. The van der Waals surface area contributed by atoms with Gasteiger partial charge in [0.15, 0.2) is 0 Å². The maximum Gasteiger partial charge on any atom is 0.136 e. The van der Waals surface area contributed by atoms with Crippen LogP contribution in [-0.4, -0.2) is 38.1 Å². The molecule has 108 valence electrons. The van der Waals surface area contributed by atoms with Crippen molar-refractivity contribution in [2.75, 3.05) is 19.8 Å². The Morgan fingerprint density at radius 3 is 2.61 bits per heavy atom. The van der Waals surface area contributed by atoms with Crippen LogP contribution < -0.4 is 11.1 Å². The Bertz CT molecular complexity index is 200. The zero-order valence-corrected chi connectivity index (χ0v) is 12.2. The van der Waals surface area contributed by atoms with E-state index >= 15 is 0 Å². The van der Waals surface area contributed by atoms with Crippen LogP contribution in [0.4, 0.5) is 0 Å². The van der Waals surface area contributed by atoms with Crippen molar-refractivity contribution in [2.24, 2.45) is 11.7 Å². The number of ether oxygens (including phenoxy) is 1. The predicted octanol–water partition coefficient (Wildman–Crippen LogP) is 1.72. The van der Waals surface area contributed by atoms with Gasteiger partial charge in [-0.25, -0.2) is 0 Å².